The van der Waals surface area contributed by atoms with Gasteiger partial charge in [-0.2, -0.15) is 0 Å². The fourth-order valence-electron chi connectivity index (χ4n) is 2.72. The lowest BCUT2D eigenvalue weighted by atomic mass is 10.00. The van der Waals surface area contributed by atoms with E-state index in [4.69, 9.17) is 26.8 Å². The number of anilines is 1. The van der Waals surface area contributed by atoms with E-state index in [1.807, 2.05) is 0 Å². The van der Waals surface area contributed by atoms with Gasteiger partial charge in [0.05, 0.1) is 24.9 Å². The van der Waals surface area contributed by atoms with E-state index < -0.39 is 0 Å². The van der Waals surface area contributed by atoms with Crippen LogP contribution in [0.1, 0.15) is 25.7 Å². The lowest BCUT2D eigenvalue weighted by Crippen LogP contribution is -2.28. The summed E-state index contributed by atoms with van der Waals surface area (Å²) < 4.78 is 10.4. The molecular weight excluding hydrogens is 292 g/mol. The lowest BCUT2D eigenvalue weighted by Gasteiger charge is -2.16. The smallest absolute Gasteiger partial charge is 0.224 e. The van der Waals surface area contributed by atoms with E-state index in [9.17, 15) is 4.79 Å². The number of nitrogens with one attached hydrogen (secondary N) is 1. The van der Waals surface area contributed by atoms with Gasteiger partial charge in [0.15, 0.2) is 0 Å². The lowest BCUT2D eigenvalue weighted by molar-refractivity contribution is -0.117. The van der Waals surface area contributed by atoms with Crippen LogP contribution >= 0.6 is 11.6 Å². The van der Waals surface area contributed by atoms with Crippen molar-refractivity contribution in [2.45, 2.75) is 31.7 Å². The van der Waals surface area contributed by atoms with Gasteiger partial charge in [0.2, 0.25) is 5.91 Å². The summed E-state index contributed by atoms with van der Waals surface area (Å²) in [6.07, 6.45) is 3.52. The van der Waals surface area contributed by atoms with Crippen LogP contribution in [0.25, 0.3) is 0 Å². The molecule has 6 heteroatoms. The molecule has 2 atom stereocenters. The number of benzene rings is 1. The van der Waals surface area contributed by atoms with Gasteiger partial charge in [0.1, 0.15) is 11.5 Å². The van der Waals surface area contributed by atoms with E-state index in [0.29, 0.717) is 28.6 Å². The summed E-state index contributed by atoms with van der Waals surface area (Å²) in [5.74, 6) is 1.20. The van der Waals surface area contributed by atoms with Crippen molar-refractivity contribution in [2.75, 3.05) is 19.5 Å². The average Bonchev–Trinajstić information content (AvgIpc) is 2.84. The van der Waals surface area contributed by atoms with Crippen molar-refractivity contribution in [3.05, 3.63) is 17.2 Å². The Morgan fingerprint density at radius 3 is 2.62 bits per heavy atom. The molecule has 1 fully saturated rings. The molecule has 1 aliphatic carbocycles. The Labute approximate surface area is 129 Å². The highest BCUT2D eigenvalue weighted by Gasteiger charge is 2.26. The van der Waals surface area contributed by atoms with Gasteiger partial charge in [0.25, 0.3) is 0 Å². The standard InChI is InChI=1S/C15H21ClN2O3/c1-20-13-8-14(21-2)12(7-10(13)16)18-15(19)6-9-4-3-5-11(9)17/h7-9,11H,3-6,17H2,1-2H3,(H,18,19)/t9-,11+/m0/s1. The minimum Gasteiger partial charge on any atom is -0.495 e. The molecule has 2 rings (SSSR count). The Balaban J connectivity index is 2.07. The molecule has 0 saturated heterocycles. The average molecular weight is 313 g/mol. The molecular formula is C15H21ClN2O3. The first-order valence-corrected chi connectivity index (χ1v) is 7.40. The van der Waals surface area contributed by atoms with Crippen molar-refractivity contribution in [3.63, 3.8) is 0 Å². The minimum atomic E-state index is -0.0723. The highest BCUT2D eigenvalue weighted by Crippen LogP contribution is 2.36. The van der Waals surface area contributed by atoms with Crippen LogP contribution in [0.4, 0.5) is 5.69 Å². The third-order valence-electron chi connectivity index (χ3n) is 3.91. The van der Waals surface area contributed by atoms with Crippen LogP contribution in [0.5, 0.6) is 11.5 Å². The SMILES string of the molecule is COc1cc(OC)c(NC(=O)C[C@@H]2CCC[C@H]2N)cc1Cl. The van der Waals surface area contributed by atoms with Crippen LogP contribution in [0.2, 0.25) is 5.02 Å². The van der Waals surface area contributed by atoms with Crippen molar-refractivity contribution in [2.24, 2.45) is 11.7 Å². The molecule has 1 aromatic carbocycles. The third-order valence-corrected chi connectivity index (χ3v) is 4.21. The molecule has 5 nitrogen and oxygen atoms in total. The number of hydrogen-bond donors (Lipinski definition) is 2. The molecule has 0 aromatic heterocycles. The molecule has 0 radical (unpaired) electrons. The Kier molecular flexibility index (Phi) is 5.31. The molecule has 1 aromatic rings. The predicted octanol–water partition coefficient (Wildman–Crippen LogP) is 2.81. The van der Waals surface area contributed by atoms with E-state index in [2.05, 4.69) is 5.32 Å². The van der Waals surface area contributed by atoms with E-state index in [-0.39, 0.29) is 17.9 Å². The first kappa shape index (κ1) is 15.9. The number of hydrogen-bond acceptors (Lipinski definition) is 4. The number of methoxy groups -OCH3 is 2. The molecule has 3 N–H and O–H groups in total. The van der Waals surface area contributed by atoms with Gasteiger partial charge < -0.3 is 20.5 Å². The molecule has 0 bridgehead atoms. The largest absolute Gasteiger partial charge is 0.495 e. The van der Waals surface area contributed by atoms with E-state index in [0.717, 1.165) is 19.3 Å². The van der Waals surface area contributed by atoms with Crippen molar-refractivity contribution in [3.8, 4) is 11.5 Å². The van der Waals surface area contributed by atoms with E-state index in [1.165, 1.54) is 14.2 Å². The van der Waals surface area contributed by atoms with Crippen molar-refractivity contribution >= 4 is 23.2 Å². The topological polar surface area (TPSA) is 73.6 Å². The van der Waals surface area contributed by atoms with Crippen LogP contribution in [-0.2, 0) is 4.79 Å². The van der Waals surface area contributed by atoms with Gasteiger partial charge in [-0.15, -0.1) is 0 Å². The Bertz CT molecular complexity index is 522. The Hall–Kier alpha value is -1.46. The normalized spacial score (nSPS) is 21.1. The second-order valence-electron chi connectivity index (χ2n) is 5.29. The number of carbonyl (C=O) groups is 1. The highest BCUT2D eigenvalue weighted by atomic mass is 35.5. The second-order valence-corrected chi connectivity index (χ2v) is 5.70. The van der Waals surface area contributed by atoms with Crippen LogP contribution in [-0.4, -0.2) is 26.2 Å². The minimum absolute atomic E-state index is 0.0723. The Morgan fingerprint density at radius 2 is 2.05 bits per heavy atom. The maximum atomic E-state index is 12.2. The number of amides is 1. The molecule has 1 saturated carbocycles. The first-order valence-electron chi connectivity index (χ1n) is 7.02. The zero-order valence-electron chi connectivity index (χ0n) is 12.3. The highest BCUT2D eigenvalue weighted by molar-refractivity contribution is 6.32. The number of nitrogens with two attached hydrogens (primary N) is 1. The third kappa shape index (κ3) is 3.80. The number of halogens is 1. The summed E-state index contributed by atoms with van der Waals surface area (Å²) in [6, 6.07) is 3.41. The zero-order valence-corrected chi connectivity index (χ0v) is 13.1. The van der Waals surface area contributed by atoms with Crippen LogP contribution in [0, 0.1) is 5.92 Å². The molecule has 1 aliphatic rings. The predicted molar refractivity (Wildman–Crippen MR) is 83.1 cm³/mol. The molecule has 0 spiro atoms. The van der Waals surface area contributed by atoms with Gasteiger partial charge in [-0.25, -0.2) is 0 Å². The van der Waals surface area contributed by atoms with Crippen molar-refractivity contribution in [1.29, 1.82) is 0 Å². The molecule has 0 aliphatic heterocycles. The summed E-state index contributed by atoms with van der Waals surface area (Å²) >= 11 is 6.08. The van der Waals surface area contributed by atoms with E-state index >= 15 is 0 Å². The van der Waals surface area contributed by atoms with Crippen LogP contribution in [0.3, 0.4) is 0 Å². The summed E-state index contributed by atoms with van der Waals surface area (Å²) in [7, 11) is 3.06. The van der Waals surface area contributed by atoms with Crippen LogP contribution < -0.4 is 20.5 Å². The molecule has 1 amide bonds. The Morgan fingerprint density at radius 1 is 1.33 bits per heavy atom. The number of ether oxygens (including phenoxy) is 2. The number of carbonyl (C=O) groups excluding carboxylic acids is 1. The molecule has 21 heavy (non-hydrogen) atoms. The summed E-state index contributed by atoms with van der Waals surface area (Å²) in [5, 5.41) is 3.26. The summed E-state index contributed by atoms with van der Waals surface area (Å²) in [6.45, 7) is 0. The molecule has 0 unspecified atom stereocenters. The summed E-state index contributed by atoms with van der Waals surface area (Å²) in [4.78, 5) is 12.2. The van der Waals surface area contributed by atoms with Crippen molar-refractivity contribution < 1.29 is 14.3 Å². The van der Waals surface area contributed by atoms with Gasteiger partial charge in [-0.05, 0) is 24.8 Å². The molecule has 116 valence electrons. The van der Waals surface area contributed by atoms with Crippen LogP contribution in [0.15, 0.2) is 12.1 Å². The maximum Gasteiger partial charge on any atom is 0.224 e. The molecule has 0 heterocycles. The maximum absolute atomic E-state index is 12.2. The van der Waals surface area contributed by atoms with Gasteiger partial charge >= 0.3 is 0 Å². The monoisotopic (exact) mass is 312 g/mol. The van der Waals surface area contributed by atoms with Gasteiger partial charge in [-0.3, -0.25) is 4.79 Å². The quantitative estimate of drug-likeness (QED) is 0.877. The number of rotatable bonds is 5. The van der Waals surface area contributed by atoms with E-state index in [1.54, 1.807) is 12.1 Å². The first-order chi connectivity index (χ1) is 10.0. The fourth-order valence-corrected chi connectivity index (χ4v) is 2.96. The van der Waals surface area contributed by atoms with Gasteiger partial charge in [0, 0.05) is 18.5 Å². The second kappa shape index (κ2) is 7.00. The fraction of sp³-hybridized carbons (Fsp3) is 0.533. The zero-order chi connectivity index (χ0) is 15.4. The summed E-state index contributed by atoms with van der Waals surface area (Å²) in [5.41, 5.74) is 6.54. The van der Waals surface area contributed by atoms with Gasteiger partial charge in [-0.1, -0.05) is 18.0 Å². The van der Waals surface area contributed by atoms with Crippen molar-refractivity contribution in [1.82, 2.24) is 0 Å².